The number of nitrogens with one attached hydrogen (secondary N) is 3. The van der Waals surface area contributed by atoms with Crippen LogP contribution in [0.25, 0.3) is 0 Å². The van der Waals surface area contributed by atoms with Crippen molar-refractivity contribution in [3.8, 4) is 5.75 Å². The van der Waals surface area contributed by atoms with Crippen LogP contribution in [-0.2, 0) is 4.79 Å². The lowest BCUT2D eigenvalue weighted by atomic mass is 10.1. The van der Waals surface area contributed by atoms with E-state index in [1.54, 1.807) is 56.4 Å². The normalized spacial score (nSPS) is 11.4. The van der Waals surface area contributed by atoms with Crippen LogP contribution in [0.2, 0.25) is 5.02 Å². The fourth-order valence-electron chi connectivity index (χ4n) is 2.23. The molecule has 1 unspecified atom stereocenters. The van der Waals surface area contributed by atoms with Crippen LogP contribution in [0.3, 0.4) is 0 Å². The van der Waals surface area contributed by atoms with Crippen molar-refractivity contribution in [2.45, 2.75) is 13.0 Å². The smallest absolute Gasteiger partial charge is 0.251 e. The van der Waals surface area contributed by atoms with Gasteiger partial charge in [0.2, 0.25) is 5.91 Å². The number of ether oxygens (including phenoxy) is 1. The van der Waals surface area contributed by atoms with Gasteiger partial charge in [-0.15, -0.1) is 0 Å². The van der Waals surface area contributed by atoms with Crippen LogP contribution in [0.5, 0.6) is 5.75 Å². The Labute approximate surface area is 151 Å². The highest BCUT2D eigenvalue weighted by atomic mass is 35.5. The Balaban J connectivity index is 2.08. The standard InChI is InChI=1S/C18H20ClN3O3/c1-11(21-14-6-4-5-12(9-14)18(24)20-2)17(23)22-15-10-13(19)7-8-16(15)25-3/h4-11,21H,1-3H3,(H,20,24)(H,22,23). The van der Waals surface area contributed by atoms with Gasteiger partial charge in [0, 0.05) is 23.3 Å². The molecule has 2 amide bonds. The minimum Gasteiger partial charge on any atom is -0.495 e. The Morgan fingerprint density at radius 3 is 2.60 bits per heavy atom. The van der Waals surface area contributed by atoms with Gasteiger partial charge < -0.3 is 20.7 Å². The Kier molecular flexibility index (Phi) is 6.25. The van der Waals surface area contributed by atoms with E-state index >= 15 is 0 Å². The number of anilines is 2. The van der Waals surface area contributed by atoms with E-state index in [1.807, 2.05) is 0 Å². The number of rotatable bonds is 6. The van der Waals surface area contributed by atoms with E-state index in [0.29, 0.717) is 27.7 Å². The molecule has 6 nitrogen and oxygen atoms in total. The van der Waals surface area contributed by atoms with Gasteiger partial charge in [0.15, 0.2) is 0 Å². The summed E-state index contributed by atoms with van der Waals surface area (Å²) in [4.78, 5) is 24.1. The zero-order valence-corrected chi connectivity index (χ0v) is 15.0. The minimum atomic E-state index is -0.538. The van der Waals surface area contributed by atoms with E-state index in [4.69, 9.17) is 16.3 Å². The average molecular weight is 362 g/mol. The number of benzene rings is 2. The Bertz CT molecular complexity index is 780. The van der Waals surface area contributed by atoms with Crippen LogP contribution in [0.4, 0.5) is 11.4 Å². The maximum absolute atomic E-state index is 12.4. The molecule has 0 spiro atoms. The van der Waals surface area contributed by atoms with E-state index in [-0.39, 0.29) is 11.8 Å². The van der Waals surface area contributed by atoms with Gasteiger partial charge in [0.1, 0.15) is 11.8 Å². The molecule has 25 heavy (non-hydrogen) atoms. The van der Waals surface area contributed by atoms with Crippen molar-refractivity contribution in [3.63, 3.8) is 0 Å². The van der Waals surface area contributed by atoms with Crippen molar-refractivity contribution in [3.05, 3.63) is 53.1 Å². The molecule has 0 saturated carbocycles. The third-order valence-corrected chi connectivity index (χ3v) is 3.78. The summed E-state index contributed by atoms with van der Waals surface area (Å²) in [5.41, 5.74) is 1.67. The van der Waals surface area contributed by atoms with E-state index in [2.05, 4.69) is 16.0 Å². The molecule has 3 N–H and O–H groups in total. The second kappa shape index (κ2) is 8.39. The topological polar surface area (TPSA) is 79.5 Å². The summed E-state index contributed by atoms with van der Waals surface area (Å²) in [5, 5.41) is 8.91. The molecule has 2 rings (SSSR count). The number of amides is 2. The van der Waals surface area contributed by atoms with Gasteiger partial charge in [-0.25, -0.2) is 0 Å². The zero-order valence-electron chi connectivity index (χ0n) is 14.2. The molecular formula is C18H20ClN3O3. The highest BCUT2D eigenvalue weighted by Crippen LogP contribution is 2.27. The lowest BCUT2D eigenvalue weighted by molar-refractivity contribution is -0.116. The van der Waals surface area contributed by atoms with Gasteiger partial charge >= 0.3 is 0 Å². The summed E-state index contributed by atoms with van der Waals surface area (Å²) in [6.45, 7) is 1.72. The van der Waals surface area contributed by atoms with Crippen molar-refractivity contribution >= 4 is 34.8 Å². The molecule has 0 heterocycles. The van der Waals surface area contributed by atoms with Crippen LogP contribution in [-0.4, -0.2) is 32.0 Å². The first-order valence-electron chi connectivity index (χ1n) is 7.67. The number of hydrogen-bond donors (Lipinski definition) is 3. The highest BCUT2D eigenvalue weighted by Gasteiger charge is 2.16. The lowest BCUT2D eigenvalue weighted by Crippen LogP contribution is -2.32. The molecule has 132 valence electrons. The van der Waals surface area contributed by atoms with Gasteiger partial charge in [0.25, 0.3) is 5.91 Å². The van der Waals surface area contributed by atoms with Crippen LogP contribution in [0, 0.1) is 0 Å². The molecular weight excluding hydrogens is 342 g/mol. The minimum absolute atomic E-state index is 0.190. The van der Waals surface area contributed by atoms with Gasteiger partial charge in [-0.1, -0.05) is 17.7 Å². The first kappa shape index (κ1) is 18.6. The SMILES string of the molecule is CNC(=O)c1cccc(NC(C)C(=O)Nc2cc(Cl)ccc2OC)c1. The molecule has 0 aliphatic rings. The van der Waals surface area contributed by atoms with Crippen LogP contribution < -0.4 is 20.7 Å². The third kappa shape index (κ3) is 4.87. The summed E-state index contributed by atoms with van der Waals surface area (Å²) < 4.78 is 5.22. The van der Waals surface area contributed by atoms with Gasteiger partial charge in [-0.2, -0.15) is 0 Å². The first-order valence-corrected chi connectivity index (χ1v) is 8.05. The molecule has 0 aliphatic carbocycles. The lowest BCUT2D eigenvalue weighted by Gasteiger charge is -2.17. The second-order valence-corrected chi connectivity index (χ2v) is 5.80. The monoisotopic (exact) mass is 361 g/mol. The van der Waals surface area contributed by atoms with Crippen molar-refractivity contribution in [2.75, 3.05) is 24.8 Å². The molecule has 2 aromatic carbocycles. The van der Waals surface area contributed by atoms with Crippen molar-refractivity contribution in [1.82, 2.24) is 5.32 Å². The zero-order chi connectivity index (χ0) is 18.4. The van der Waals surface area contributed by atoms with Crippen molar-refractivity contribution < 1.29 is 14.3 Å². The van der Waals surface area contributed by atoms with E-state index in [1.165, 1.54) is 7.11 Å². The molecule has 1 atom stereocenters. The number of methoxy groups -OCH3 is 1. The second-order valence-electron chi connectivity index (χ2n) is 5.36. The molecule has 2 aromatic rings. The molecule has 0 radical (unpaired) electrons. The fourth-order valence-corrected chi connectivity index (χ4v) is 2.40. The van der Waals surface area contributed by atoms with Crippen LogP contribution in [0.15, 0.2) is 42.5 Å². The van der Waals surface area contributed by atoms with Gasteiger partial charge in [0.05, 0.1) is 12.8 Å². The third-order valence-electron chi connectivity index (χ3n) is 3.55. The van der Waals surface area contributed by atoms with E-state index in [0.717, 1.165) is 0 Å². The van der Waals surface area contributed by atoms with E-state index in [9.17, 15) is 9.59 Å². The molecule has 7 heteroatoms. The number of hydrogen-bond acceptors (Lipinski definition) is 4. The fraction of sp³-hybridized carbons (Fsp3) is 0.222. The Hall–Kier alpha value is -2.73. The molecule has 0 aromatic heterocycles. The Morgan fingerprint density at radius 2 is 1.92 bits per heavy atom. The predicted molar refractivity (Wildman–Crippen MR) is 99.6 cm³/mol. The van der Waals surface area contributed by atoms with Crippen LogP contribution in [0.1, 0.15) is 17.3 Å². The summed E-state index contributed by atoms with van der Waals surface area (Å²) in [6.07, 6.45) is 0. The quantitative estimate of drug-likeness (QED) is 0.738. The number of carbonyl (C=O) groups is 2. The number of carbonyl (C=O) groups excluding carboxylic acids is 2. The van der Waals surface area contributed by atoms with Crippen molar-refractivity contribution in [2.24, 2.45) is 0 Å². The maximum atomic E-state index is 12.4. The number of halogens is 1. The molecule has 0 fully saturated rings. The molecule has 0 bridgehead atoms. The first-order chi connectivity index (χ1) is 11.9. The molecule has 0 saturated heterocycles. The summed E-state index contributed by atoms with van der Waals surface area (Å²) in [7, 11) is 3.09. The van der Waals surface area contributed by atoms with Crippen molar-refractivity contribution in [1.29, 1.82) is 0 Å². The largest absolute Gasteiger partial charge is 0.495 e. The summed E-state index contributed by atoms with van der Waals surface area (Å²) in [6, 6.07) is 11.4. The van der Waals surface area contributed by atoms with Crippen LogP contribution >= 0.6 is 11.6 Å². The summed E-state index contributed by atoms with van der Waals surface area (Å²) >= 11 is 5.97. The average Bonchev–Trinajstić information content (AvgIpc) is 2.61. The predicted octanol–water partition coefficient (Wildman–Crippen LogP) is 3.15. The van der Waals surface area contributed by atoms with E-state index < -0.39 is 6.04 Å². The van der Waals surface area contributed by atoms with Gasteiger partial charge in [-0.05, 0) is 43.3 Å². The summed E-state index contributed by atoms with van der Waals surface area (Å²) in [5.74, 6) is 0.0712. The maximum Gasteiger partial charge on any atom is 0.251 e. The highest BCUT2D eigenvalue weighted by molar-refractivity contribution is 6.31. The Morgan fingerprint density at radius 1 is 1.16 bits per heavy atom. The molecule has 0 aliphatic heterocycles. The van der Waals surface area contributed by atoms with Gasteiger partial charge in [-0.3, -0.25) is 9.59 Å².